The molecule has 14 nitrogen and oxygen atoms in total. The van der Waals surface area contributed by atoms with Crippen LogP contribution in [0.4, 0.5) is 0 Å². The van der Waals surface area contributed by atoms with E-state index >= 15 is 0 Å². The molecular formula is C60H76N8O6. The first-order chi connectivity index (χ1) is 35.9. The number of carbonyl (C=O) groups is 6. The fourth-order valence-corrected chi connectivity index (χ4v) is 10.6. The van der Waals surface area contributed by atoms with Crippen molar-refractivity contribution in [3.63, 3.8) is 0 Å². The van der Waals surface area contributed by atoms with E-state index in [1.807, 2.05) is 105 Å². The monoisotopic (exact) mass is 1000 g/mol. The molecule has 74 heavy (non-hydrogen) atoms. The molecule has 2 aliphatic carbocycles. The molecule has 0 aromatic heterocycles. The highest BCUT2D eigenvalue weighted by molar-refractivity contribution is 6.00. The quantitative estimate of drug-likeness (QED) is 0.0628. The maximum atomic E-state index is 14.6. The lowest BCUT2D eigenvalue weighted by atomic mass is 9.79. The Morgan fingerprint density at radius 1 is 0.568 bits per heavy atom. The second-order valence-corrected chi connectivity index (χ2v) is 20.8. The molecule has 4 fully saturated rings. The van der Waals surface area contributed by atoms with Crippen LogP contribution in [0.2, 0.25) is 0 Å². The second-order valence-electron chi connectivity index (χ2n) is 20.8. The minimum atomic E-state index is -0.581. The summed E-state index contributed by atoms with van der Waals surface area (Å²) in [5.41, 5.74) is 6.49. The van der Waals surface area contributed by atoms with Gasteiger partial charge in [0.05, 0.1) is 12.1 Å². The van der Waals surface area contributed by atoms with Crippen LogP contribution in [-0.4, -0.2) is 139 Å². The molecule has 4 aliphatic rings. The molecule has 0 radical (unpaired) electrons. The summed E-state index contributed by atoms with van der Waals surface area (Å²) in [5, 5.41) is 12.0. The van der Waals surface area contributed by atoms with Crippen molar-refractivity contribution in [3.05, 3.63) is 143 Å². The topological polar surface area (TPSA) is 163 Å². The molecule has 2 heterocycles. The Balaban J connectivity index is 0.963. The Bertz CT molecular complexity index is 2600. The van der Waals surface area contributed by atoms with Crippen molar-refractivity contribution < 1.29 is 28.8 Å². The van der Waals surface area contributed by atoms with Gasteiger partial charge in [-0.2, -0.15) is 0 Å². The van der Waals surface area contributed by atoms with Crippen LogP contribution in [-0.2, 0) is 32.0 Å². The van der Waals surface area contributed by atoms with Gasteiger partial charge in [-0.15, -0.1) is 0 Å². The molecular weight excluding hydrogens is 929 g/mol. The molecule has 2 saturated carbocycles. The molecule has 2 aliphatic heterocycles. The Hall–Kier alpha value is -6.64. The molecule has 2 saturated heterocycles. The van der Waals surface area contributed by atoms with Gasteiger partial charge in [-0.1, -0.05) is 91.3 Å². The van der Waals surface area contributed by atoms with E-state index in [-0.39, 0.29) is 53.4 Å². The zero-order valence-electron chi connectivity index (χ0n) is 43.8. The summed E-state index contributed by atoms with van der Waals surface area (Å²) >= 11 is 0. The number of amides is 6. The zero-order chi connectivity index (χ0) is 52.1. The number of rotatable bonds is 22. The van der Waals surface area contributed by atoms with E-state index in [0.717, 1.165) is 92.0 Å². The number of carbonyl (C=O) groups excluding carboxylic acids is 6. The standard InChI is InChI=1S/C60H76N8O6/c1-41(61-3)55(69)63-53(47-19-11-20-47)59(73)67-35-13-23-51(67)39-65(37-33-43-15-7-5-8-16-43)57(71)49-29-25-45(26-30-49)46-27-31-50(32-28-46)58(72)66(38-34-44-17-9-6-10-18-44)40-52-24-14-36-68(52)60(74)54(48-21-12-22-48)64-56(70)42(2)62-4/h5-10,15-18,25-32,41-42,47,51-53,61-62H,11-14,19-24,33-40H2,1-4H3,(H,63,69)(H,64,70)/t41-,42-,51-,52-,53-/m0/s1. The van der Waals surface area contributed by atoms with E-state index in [4.69, 9.17) is 0 Å². The first kappa shape index (κ1) is 53.6. The Kier molecular flexibility index (Phi) is 18.5. The third-order valence-electron chi connectivity index (χ3n) is 16.0. The fraction of sp³-hybridized carbons (Fsp3) is 0.467. The number of allylic oxidation sites excluding steroid dienone is 1. The van der Waals surface area contributed by atoms with Crippen LogP contribution in [0.1, 0.15) is 110 Å². The van der Waals surface area contributed by atoms with Crippen LogP contribution >= 0.6 is 0 Å². The second kappa shape index (κ2) is 25.5. The smallest absolute Gasteiger partial charge is 0.270 e. The van der Waals surface area contributed by atoms with Crippen molar-refractivity contribution in [3.8, 4) is 11.1 Å². The van der Waals surface area contributed by atoms with Crippen molar-refractivity contribution in [2.75, 3.05) is 53.4 Å². The lowest BCUT2D eigenvalue weighted by Gasteiger charge is -2.38. The summed E-state index contributed by atoms with van der Waals surface area (Å²) in [6, 6.07) is 33.5. The van der Waals surface area contributed by atoms with E-state index in [1.165, 1.54) is 0 Å². The highest BCUT2D eigenvalue weighted by atomic mass is 16.2. The van der Waals surface area contributed by atoms with Crippen molar-refractivity contribution >= 4 is 35.4 Å². The average molecular weight is 1010 g/mol. The molecule has 4 aromatic carbocycles. The molecule has 8 rings (SSSR count). The van der Waals surface area contributed by atoms with E-state index < -0.39 is 18.1 Å². The van der Waals surface area contributed by atoms with E-state index in [1.54, 1.807) is 27.9 Å². The number of hydrogen-bond acceptors (Lipinski definition) is 8. The zero-order valence-corrected chi connectivity index (χ0v) is 43.8. The molecule has 0 bridgehead atoms. The number of likely N-dealkylation sites (N-methyl/N-ethyl adjacent to an activating group) is 2. The van der Waals surface area contributed by atoms with Gasteiger partial charge in [0, 0.05) is 62.5 Å². The number of likely N-dealkylation sites (tertiary alicyclic amines) is 2. The number of nitrogens with one attached hydrogen (secondary N) is 4. The predicted molar refractivity (Wildman–Crippen MR) is 289 cm³/mol. The SMILES string of the molecule is CN[C@@H](C)C(=O)NC(C(=O)N1CCC[C@H]1CN(CCc1ccccc1)C(=O)c1ccc(-c2ccc(C(=O)N(CCc3ccccc3)C[C@@H]3CCCN3C(=O)[C@@H](NC(=O)[C@H](C)NC)C3CCC3)cc2)cc1)=C1CCC1. The van der Waals surface area contributed by atoms with Crippen molar-refractivity contribution in [2.24, 2.45) is 5.92 Å². The van der Waals surface area contributed by atoms with Crippen LogP contribution < -0.4 is 21.3 Å². The third kappa shape index (κ3) is 13.2. The fourth-order valence-electron chi connectivity index (χ4n) is 10.6. The van der Waals surface area contributed by atoms with Gasteiger partial charge in [0.1, 0.15) is 11.7 Å². The van der Waals surface area contributed by atoms with Gasteiger partial charge in [0.15, 0.2) is 0 Å². The first-order valence-electron chi connectivity index (χ1n) is 27.1. The molecule has 392 valence electrons. The summed E-state index contributed by atoms with van der Waals surface area (Å²) in [4.78, 5) is 91.3. The van der Waals surface area contributed by atoms with Gasteiger partial charge in [-0.3, -0.25) is 28.8 Å². The average Bonchev–Trinajstić information content (AvgIpc) is 4.08. The molecule has 4 aromatic rings. The summed E-state index contributed by atoms with van der Waals surface area (Å²) < 4.78 is 0. The van der Waals surface area contributed by atoms with Crippen LogP contribution in [0, 0.1) is 5.92 Å². The molecule has 14 heteroatoms. The summed E-state index contributed by atoms with van der Waals surface area (Å²) in [6.45, 7) is 6.41. The lowest BCUT2D eigenvalue weighted by Crippen LogP contribution is -2.58. The Morgan fingerprint density at radius 3 is 1.49 bits per heavy atom. The highest BCUT2D eigenvalue weighted by Crippen LogP contribution is 2.33. The minimum Gasteiger partial charge on any atom is -0.343 e. The third-order valence-corrected chi connectivity index (χ3v) is 16.0. The van der Waals surface area contributed by atoms with Gasteiger partial charge < -0.3 is 40.9 Å². The van der Waals surface area contributed by atoms with Crippen LogP contribution in [0.15, 0.2) is 120 Å². The molecule has 0 spiro atoms. The molecule has 0 unspecified atom stereocenters. The van der Waals surface area contributed by atoms with Crippen molar-refractivity contribution in [1.82, 2.24) is 40.9 Å². The maximum absolute atomic E-state index is 14.6. The van der Waals surface area contributed by atoms with Gasteiger partial charge in [-0.25, -0.2) is 0 Å². The highest BCUT2D eigenvalue weighted by Gasteiger charge is 2.41. The number of hydrogen-bond donors (Lipinski definition) is 4. The molecule has 5 atom stereocenters. The Labute approximate surface area is 437 Å². The summed E-state index contributed by atoms with van der Waals surface area (Å²) in [5.74, 6) is -0.771. The predicted octanol–water partition coefficient (Wildman–Crippen LogP) is 6.76. The normalized spacial score (nSPS) is 18.6. The van der Waals surface area contributed by atoms with Crippen LogP contribution in [0.5, 0.6) is 0 Å². The van der Waals surface area contributed by atoms with Crippen LogP contribution in [0.25, 0.3) is 11.1 Å². The van der Waals surface area contributed by atoms with Gasteiger partial charge >= 0.3 is 0 Å². The van der Waals surface area contributed by atoms with Crippen molar-refractivity contribution in [2.45, 2.75) is 121 Å². The van der Waals surface area contributed by atoms with E-state index in [9.17, 15) is 28.8 Å². The lowest BCUT2D eigenvalue weighted by molar-refractivity contribution is -0.140. The Morgan fingerprint density at radius 2 is 1.04 bits per heavy atom. The van der Waals surface area contributed by atoms with Gasteiger partial charge in [0.2, 0.25) is 17.7 Å². The first-order valence-corrected chi connectivity index (χ1v) is 27.1. The number of benzene rings is 4. The van der Waals surface area contributed by atoms with Gasteiger partial charge in [-0.05, 0) is 157 Å². The van der Waals surface area contributed by atoms with Crippen LogP contribution in [0.3, 0.4) is 0 Å². The number of nitrogens with zero attached hydrogens (tertiary/aromatic N) is 4. The maximum Gasteiger partial charge on any atom is 0.270 e. The minimum absolute atomic E-state index is 0.0530. The largest absolute Gasteiger partial charge is 0.343 e. The summed E-state index contributed by atoms with van der Waals surface area (Å²) in [7, 11) is 3.46. The molecule has 6 amide bonds. The van der Waals surface area contributed by atoms with E-state index in [2.05, 4.69) is 45.5 Å². The summed E-state index contributed by atoms with van der Waals surface area (Å²) in [6.07, 6.45) is 9.90. The van der Waals surface area contributed by atoms with Crippen molar-refractivity contribution in [1.29, 1.82) is 0 Å². The van der Waals surface area contributed by atoms with E-state index in [0.29, 0.717) is 68.9 Å². The van der Waals surface area contributed by atoms with Gasteiger partial charge in [0.25, 0.3) is 17.7 Å². The molecule has 4 N–H and O–H groups in total.